The highest BCUT2D eigenvalue weighted by atomic mass is 16.1. The molecule has 0 aromatic rings. The molecular formula is C7H12N2O. The van der Waals surface area contributed by atoms with Crippen molar-refractivity contribution in [2.75, 3.05) is 0 Å². The molecule has 0 atom stereocenters. The number of hydrogen-bond acceptors (Lipinski definition) is 2. The molecule has 3 heteroatoms. The third-order valence-electron chi connectivity index (χ3n) is 0.831. The van der Waals surface area contributed by atoms with E-state index >= 15 is 0 Å². The van der Waals surface area contributed by atoms with Crippen LogP contribution in [0.1, 0.15) is 20.3 Å². The van der Waals surface area contributed by atoms with Crippen LogP contribution < -0.4 is 5.32 Å². The van der Waals surface area contributed by atoms with Crippen LogP contribution in [0.4, 0.5) is 0 Å². The Kier molecular flexibility index (Phi) is 4.20. The maximum absolute atomic E-state index is 10.3. The van der Waals surface area contributed by atoms with Crippen LogP contribution in [0, 0.1) is 5.41 Å². The molecule has 0 aromatic heterocycles. The Bertz CT molecular complexity index is 161. The van der Waals surface area contributed by atoms with Crippen LogP contribution in [-0.2, 0) is 4.79 Å². The highest BCUT2D eigenvalue weighted by molar-refractivity contribution is 6.01. The predicted molar refractivity (Wildman–Crippen MR) is 41.0 cm³/mol. The summed E-state index contributed by atoms with van der Waals surface area (Å²) in [5.74, 6) is -0.0555. The molecule has 0 heterocycles. The zero-order valence-electron chi connectivity index (χ0n) is 6.27. The molecule has 1 amide bonds. The molecule has 0 saturated heterocycles. The Morgan fingerprint density at radius 1 is 1.70 bits per heavy atom. The normalized spacial score (nSPS) is 9.80. The van der Waals surface area contributed by atoms with Crippen molar-refractivity contribution in [2.45, 2.75) is 20.3 Å². The minimum atomic E-state index is -0.203. The molecule has 0 radical (unpaired) electrons. The summed E-state index contributed by atoms with van der Waals surface area (Å²) >= 11 is 0. The largest absolute Gasteiger partial charge is 0.311 e. The molecule has 0 fully saturated rings. The quantitative estimate of drug-likeness (QED) is 0.437. The smallest absolute Gasteiger partial charge is 0.222 e. The molecule has 10 heavy (non-hydrogen) atoms. The fourth-order valence-corrected chi connectivity index (χ4v) is 0.467. The van der Waals surface area contributed by atoms with E-state index in [4.69, 9.17) is 5.41 Å². The van der Waals surface area contributed by atoms with Crippen molar-refractivity contribution >= 4 is 11.7 Å². The van der Waals surface area contributed by atoms with Gasteiger partial charge >= 0.3 is 0 Å². The fourth-order valence-electron chi connectivity index (χ4n) is 0.467. The van der Waals surface area contributed by atoms with Gasteiger partial charge in [-0.15, -0.1) is 0 Å². The van der Waals surface area contributed by atoms with Crippen molar-refractivity contribution in [3.63, 3.8) is 0 Å². The Morgan fingerprint density at radius 3 is 2.70 bits per heavy atom. The van der Waals surface area contributed by atoms with Gasteiger partial charge in [0, 0.05) is 6.92 Å². The second-order valence-electron chi connectivity index (χ2n) is 1.91. The highest BCUT2D eigenvalue weighted by Gasteiger charge is 1.90. The van der Waals surface area contributed by atoms with Gasteiger partial charge in [-0.2, -0.15) is 0 Å². The molecule has 56 valence electrons. The van der Waals surface area contributed by atoms with E-state index in [1.807, 2.05) is 13.0 Å². The summed E-state index contributed by atoms with van der Waals surface area (Å²) < 4.78 is 0. The Balaban J connectivity index is 3.64. The second kappa shape index (κ2) is 4.73. The van der Waals surface area contributed by atoms with Crippen LogP contribution in [0.2, 0.25) is 0 Å². The first-order valence-electron chi connectivity index (χ1n) is 3.19. The van der Waals surface area contributed by atoms with Crippen LogP contribution in [0.15, 0.2) is 12.2 Å². The van der Waals surface area contributed by atoms with E-state index in [-0.39, 0.29) is 11.7 Å². The minimum Gasteiger partial charge on any atom is -0.311 e. The van der Waals surface area contributed by atoms with Crippen LogP contribution in [-0.4, -0.2) is 11.7 Å². The molecule has 0 spiro atoms. The predicted octanol–water partition coefficient (Wildman–Crippen LogP) is 1.07. The average molecular weight is 140 g/mol. The number of allylic oxidation sites excluding steroid dienone is 1. The van der Waals surface area contributed by atoms with Gasteiger partial charge in [0.25, 0.3) is 0 Å². The van der Waals surface area contributed by atoms with E-state index in [2.05, 4.69) is 5.32 Å². The van der Waals surface area contributed by atoms with Crippen LogP contribution >= 0.6 is 0 Å². The van der Waals surface area contributed by atoms with E-state index in [9.17, 15) is 4.79 Å². The molecule has 0 unspecified atom stereocenters. The van der Waals surface area contributed by atoms with Gasteiger partial charge in [-0.1, -0.05) is 13.0 Å². The van der Waals surface area contributed by atoms with Crippen molar-refractivity contribution in [3.8, 4) is 0 Å². The van der Waals surface area contributed by atoms with Gasteiger partial charge in [0.15, 0.2) is 0 Å². The molecule has 0 aliphatic carbocycles. The molecule has 0 rings (SSSR count). The standard InChI is InChI=1S/C7H12N2O/c1-3-4-5-7(8)9-6(2)10/h4-5H,3H2,1-2H3,(H2,8,9,10)/b5-4-. The molecule has 0 aromatic carbocycles. The zero-order chi connectivity index (χ0) is 7.98. The van der Waals surface area contributed by atoms with Crippen LogP contribution in [0.25, 0.3) is 0 Å². The third-order valence-corrected chi connectivity index (χ3v) is 0.831. The molecular weight excluding hydrogens is 128 g/mol. The molecule has 0 aliphatic heterocycles. The van der Waals surface area contributed by atoms with Crippen molar-refractivity contribution in [3.05, 3.63) is 12.2 Å². The second-order valence-corrected chi connectivity index (χ2v) is 1.91. The first-order valence-corrected chi connectivity index (χ1v) is 3.19. The van der Waals surface area contributed by atoms with E-state index < -0.39 is 0 Å². The molecule has 2 N–H and O–H groups in total. The molecule has 0 aliphatic rings. The first kappa shape index (κ1) is 8.88. The average Bonchev–Trinajstić information content (AvgIpc) is 1.82. The van der Waals surface area contributed by atoms with E-state index in [0.29, 0.717) is 0 Å². The van der Waals surface area contributed by atoms with Gasteiger partial charge in [-0.3, -0.25) is 10.2 Å². The van der Waals surface area contributed by atoms with Crippen LogP contribution in [0.3, 0.4) is 0 Å². The van der Waals surface area contributed by atoms with Gasteiger partial charge in [0.05, 0.1) is 0 Å². The summed E-state index contributed by atoms with van der Waals surface area (Å²) in [6.07, 6.45) is 4.27. The minimum absolute atomic E-state index is 0.148. The number of rotatable bonds is 2. The van der Waals surface area contributed by atoms with Crippen molar-refractivity contribution in [1.29, 1.82) is 5.41 Å². The lowest BCUT2D eigenvalue weighted by Crippen LogP contribution is -2.25. The number of carbonyl (C=O) groups excluding carboxylic acids is 1. The number of carbonyl (C=O) groups is 1. The molecule has 3 nitrogen and oxygen atoms in total. The SMILES string of the molecule is CC/C=C\C(=N)NC(C)=O. The number of nitrogens with one attached hydrogen (secondary N) is 2. The van der Waals surface area contributed by atoms with Crippen molar-refractivity contribution in [2.24, 2.45) is 0 Å². The van der Waals surface area contributed by atoms with Gasteiger partial charge in [-0.25, -0.2) is 0 Å². The van der Waals surface area contributed by atoms with Gasteiger partial charge < -0.3 is 5.32 Å². The Morgan fingerprint density at radius 2 is 2.30 bits per heavy atom. The zero-order valence-corrected chi connectivity index (χ0v) is 6.27. The molecule has 0 bridgehead atoms. The number of hydrogen-bond donors (Lipinski definition) is 2. The number of amidine groups is 1. The fraction of sp³-hybridized carbons (Fsp3) is 0.429. The third kappa shape index (κ3) is 5.03. The summed E-state index contributed by atoms with van der Waals surface area (Å²) in [7, 11) is 0. The summed E-state index contributed by atoms with van der Waals surface area (Å²) in [5, 5.41) is 9.44. The van der Waals surface area contributed by atoms with Gasteiger partial charge in [-0.05, 0) is 12.5 Å². The Labute approximate surface area is 60.6 Å². The first-order chi connectivity index (χ1) is 4.66. The van der Waals surface area contributed by atoms with Crippen molar-refractivity contribution < 1.29 is 4.79 Å². The van der Waals surface area contributed by atoms with Crippen LogP contribution in [0.5, 0.6) is 0 Å². The lowest BCUT2D eigenvalue weighted by Gasteiger charge is -1.95. The lowest BCUT2D eigenvalue weighted by atomic mass is 10.4. The van der Waals surface area contributed by atoms with E-state index in [1.165, 1.54) is 6.92 Å². The van der Waals surface area contributed by atoms with Crippen molar-refractivity contribution in [1.82, 2.24) is 5.32 Å². The summed E-state index contributed by atoms with van der Waals surface area (Å²) in [5.41, 5.74) is 0. The van der Waals surface area contributed by atoms with Gasteiger partial charge in [0.2, 0.25) is 5.91 Å². The topological polar surface area (TPSA) is 53.0 Å². The lowest BCUT2D eigenvalue weighted by molar-refractivity contribution is -0.117. The monoisotopic (exact) mass is 140 g/mol. The molecule has 0 saturated carbocycles. The van der Waals surface area contributed by atoms with Gasteiger partial charge in [0.1, 0.15) is 5.84 Å². The van der Waals surface area contributed by atoms with E-state index in [1.54, 1.807) is 6.08 Å². The maximum atomic E-state index is 10.3. The summed E-state index contributed by atoms with van der Waals surface area (Å²) in [4.78, 5) is 10.3. The maximum Gasteiger partial charge on any atom is 0.222 e. The highest BCUT2D eigenvalue weighted by Crippen LogP contribution is 1.79. The Hall–Kier alpha value is -1.12. The number of amides is 1. The summed E-state index contributed by atoms with van der Waals surface area (Å²) in [6, 6.07) is 0. The van der Waals surface area contributed by atoms with E-state index in [0.717, 1.165) is 6.42 Å². The summed E-state index contributed by atoms with van der Waals surface area (Å²) in [6.45, 7) is 3.35.